The van der Waals surface area contributed by atoms with Gasteiger partial charge in [-0.1, -0.05) is 19.9 Å². The van der Waals surface area contributed by atoms with Crippen molar-refractivity contribution < 1.29 is 4.79 Å². The fourth-order valence-electron chi connectivity index (χ4n) is 0.815. The van der Waals surface area contributed by atoms with Crippen molar-refractivity contribution in [1.29, 1.82) is 0 Å². The fourth-order valence-corrected chi connectivity index (χ4v) is 0.815. The maximum atomic E-state index is 8.81. The number of hydrogen-bond acceptors (Lipinski definition) is 3. The molecule has 86 valence electrons. The third-order valence-corrected chi connectivity index (χ3v) is 1.39. The number of carbonyl (C=O) groups excluding carboxylic acids is 1. The van der Waals surface area contributed by atoms with Gasteiger partial charge in [0, 0.05) is 12.4 Å². The molecule has 0 radical (unpaired) electrons. The zero-order chi connectivity index (χ0) is 11.9. The van der Waals surface area contributed by atoms with Crippen molar-refractivity contribution in [3.8, 4) is 0 Å². The van der Waals surface area contributed by atoms with Crippen LogP contribution in [0, 0.1) is 0 Å². The van der Waals surface area contributed by atoms with Crippen LogP contribution in [-0.4, -0.2) is 24.9 Å². The van der Waals surface area contributed by atoms with Crippen LogP contribution in [0.25, 0.3) is 0 Å². The Hall–Kier alpha value is -1.22. The quantitative estimate of drug-likeness (QED) is 0.777. The van der Waals surface area contributed by atoms with Gasteiger partial charge in [0.2, 0.25) is 0 Å². The fraction of sp³-hybridized carbons (Fsp3) is 0.500. The zero-order valence-electron chi connectivity index (χ0n) is 10.2. The van der Waals surface area contributed by atoms with Gasteiger partial charge in [0.1, 0.15) is 6.29 Å². The Morgan fingerprint density at radius 3 is 2.47 bits per heavy atom. The van der Waals surface area contributed by atoms with Crippen molar-refractivity contribution in [2.75, 3.05) is 13.6 Å². The van der Waals surface area contributed by atoms with Gasteiger partial charge in [-0.3, -0.25) is 4.98 Å². The van der Waals surface area contributed by atoms with E-state index in [1.54, 1.807) is 6.20 Å². The van der Waals surface area contributed by atoms with Crippen molar-refractivity contribution in [3.05, 3.63) is 30.1 Å². The number of rotatable bonds is 3. The van der Waals surface area contributed by atoms with Crippen LogP contribution in [0.1, 0.15) is 26.3 Å². The molecule has 3 heteroatoms. The first-order chi connectivity index (χ1) is 7.35. The first-order valence-electron chi connectivity index (χ1n) is 5.28. The van der Waals surface area contributed by atoms with Crippen LogP contribution in [0.5, 0.6) is 0 Å². The van der Waals surface area contributed by atoms with Crippen molar-refractivity contribution in [3.63, 3.8) is 0 Å². The van der Waals surface area contributed by atoms with E-state index in [-0.39, 0.29) is 0 Å². The van der Waals surface area contributed by atoms with Gasteiger partial charge in [-0.05, 0) is 38.6 Å². The SMILES string of the molecule is CC.CC=O.CNCCc1cccnc1. The number of pyridine rings is 1. The standard InChI is InChI=1S/C8H12N2.C2H4O.C2H6/c1-9-6-4-8-3-2-5-10-7-8;1-2-3;1-2/h2-3,5,7,9H,4,6H2,1H3;2H,1H3;1-2H3. The minimum atomic E-state index is 0.750. The lowest BCUT2D eigenvalue weighted by Gasteiger charge is -1.97. The zero-order valence-corrected chi connectivity index (χ0v) is 10.2. The Kier molecular flexibility index (Phi) is 16.5. The summed E-state index contributed by atoms with van der Waals surface area (Å²) in [6.45, 7) is 6.46. The molecule has 1 aromatic rings. The Balaban J connectivity index is 0. The van der Waals surface area contributed by atoms with Crippen LogP contribution in [0.3, 0.4) is 0 Å². The third kappa shape index (κ3) is 12.8. The average Bonchev–Trinajstić information content (AvgIpc) is 2.31. The topological polar surface area (TPSA) is 42.0 Å². The molecule has 0 bridgehead atoms. The summed E-state index contributed by atoms with van der Waals surface area (Å²) in [7, 11) is 1.95. The van der Waals surface area contributed by atoms with Gasteiger partial charge in [-0.2, -0.15) is 0 Å². The largest absolute Gasteiger partial charge is 0.319 e. The maximum absolute atomic E-state index is 8.81. The first-order valence-corrected chi connectivity index (χ1v) is 5.28. The monoisotopic (exact) mass is 210 g/mol. The predicted octanol–water partition coefficient (Wildman–Crippen LogP) is 2.07. The van der Waals surface area contributed by atoms with E-state index in [9.17, 15) is 0 Å². The molecule has 0 spiro atoms. The average molecular weight is 210 g/mol. The van der Waals surface area contributed by atoms with Gasteiger partial charge < -0.3 is 10.1 Å². The highest BCUT2D eigenvalue weighted by atomic mass is 16.1. The summed E-state index contributed by atoms with van der Waals surface area (Å²) in [6.07, 6.45) is 5.50. The Labute approximate surface area is 92.9 Å². The molecular weight excluding hydrogens is 188 g/mol. The molecule has 0 aliphatic carbocycles. The van der Waals surface area contributed by atoms with Crippen LogP contribution in [0.4, 0.5) is 0 Å². The van der Waals surface area contributed by atoms with Crippen LogP contribution in [0.15, 0.2) is 24.5 Å². The molecule has 15 heavy (non-hydrogen) atoms. The van der Waals surface area contributed by atoms with Crippen LogP contribution >= 0.6 is 0 Å². The van der Waals surface area contributed by atoms with Crippen molar-refractivity contribution in [1.82, 2.24) is 10.3 Å². The molecule has 1 rings (SSSR count). The van der Waals surface area contributed by atoms with Gasteiger partial charge in [0.25, 0.3) is 0 Å². The number of hydrogen-bond donors (Lipinski definition) is 1. The van der Waals surface area contributed by atoms with E-state index in [1.165, 1.54) is 12.5 Å². The molecule has 1 N–H and O–H groups in total. The summed E-state index contributed by atoms with van der Waals surface area (Å²) >= 11 is 0. The molecule has 0 aliphatic heterocycles. The summed E-state index contributed by atoms with van der Waals surface area (Å²) in [4.78, 5) is 12.8. The highest BCUT2D eigenvalue weighted by Gasteiger charge is 1.87. The summed E-state index contributed by atoms with van der Waals surface area (Å²) in [6, 6.07) is 4.05. The summed E-state index contributed by atoms with van der Waals surface area (Å²) < 4.78 is 0. The van der Waals surface area contributed by atoms with Crippen molar-refractivity contribution in [2.24, 2.45) is 0 Å². The van der Waals surface area contributed by atoms with Gasteiger partial charge in [-0.15, -0.1) is 0 Å². The first kappa shape index (κ1) is 16.2. The lowest BCUT2D eigenvalue weighted by atomic mass is 10.2. The molecule has 1 heterocycles. The summed E-state index contributed by atoms with van der Waals surface area (Å²) in [5.74, 6) is 0. The normalized spacial score (nSPS) is 7.73. The molecule has 1 aromatic heterocycles. The molecule has 0 fully saturated rings. The minimum Gasteiger partial charge on any atom is -0.319 e. The van der Waals surface area contributed by atoms with Crippen LogP contribution in [0.2, 0.25) is 0 Å². The highest BCUT2D eigenvalue weighted by Crippen LogP contribution is 1.94. The van der Waals surface area contributed by atoms with E-state index in [0.29, 0.717) is 0 Å². The van der Waals surface area contributed by atoms with Gasteiger partial charge in [0.15, 0.2) is 0 Å². The van der Waals surface area contributed by atoms with E-state index in [4.69, 9.17) is 4.79 Å². The molecule has 0 atom stereocenters. The van der Waals surface area contributed by atoms with Crippen molar-refractivity contribution >= 4 is 6.29 Å². The molecule has 0 aromatic carbocycles. The smallest absolute Gasteiger partial charge is 0.116 e. The van der Waals surface area contributed by atoms with E-state index >= 15 is 0 Å². The molecule has 0 saturated heterocycles. The maximum Gasteiger partial charge on any atom is 0.116 e. The second-order valence-corrected chi connectivity index (χ2v) is 2.45. The lowest BCUT2D eigenvalue weighted by molar-refractivity contribution is -0.106. The van der Waals surface area contributed by atoms with Crippen molar-refractivity contribution in [2.45, 2.75) is 27.2 Å². The number of nitrogens with zero attached hydrogens (tertiary/aromatic N) is 1. The summed E-state index contributed by atoms with van der Waals surface area (Å²) in [5, 5.41) is 3.09. The van der Waals surface area contributed by atoms with Crippen LogP contribution < -0.4 is 5.32 Å². The second kappa shape index (κ2) is 15.3. The molecule has 0 unspecified atom stereocenters. The van der Waals surface area contributed by atoms with E-state index in [2.05, 4.69) is 16.4 Å². The minimum absolute atomic E-state index is 0.750. The Bertz CT molecular complexity index is 212. The number of nitrogens with one attached hydrogen (secondary N) is 1. The van der Waals surface area contributed by atoms with Gasteiger partial charge in [0.05, 0.1) is 0 Å². The molecular formula is C12H22N2O. The molecule has 0 aliphatic rings. The lowest BCUT2D eigenvalue weighted by Crippen LogP contribution is -2.10. The number of likely N-dealkylation sites (N-methyl/N-ethyl adjacent to an activating group) is 1. The highest BCUT2D eigenvalue weighted by molar-refractivity contribution is 5.44. The van der Waals surface area contributed by atoms with E-state index in [0.717, 1.165) is 19.3 Å². The Morgan fingerprint density at radius 2 is 2.07 bits per heavy atom. The van der Waals surface area contributed by atoms with E-state index in [1.807, 2.05) is 33.2 Å². The third-order valence-electron chi connectivity index (χ3n) is 1.39. The molecule has 0 amide bonds. The molecule has 0 saturated carbocycles. The second-order valence-electron chi connectivity index (χ2n) is 2.45. The number of aldehydes is 1. The molecule has 3 nitrogen and oxygen atoms in total. The number of aromatic nitrogens is 1. The van der Waals surface area contributed by atoms with Gasteiger partial charge >= 0.3 is 0 Å². The van der Waals surface area contributed by atoms with Crippen LogP contribution in [-0.2, 0) is 11.2 Å². The van der Waals surface area contributed by atoms with Gasteiger partial charge in [-0.25, -0.2) is 0 Å². The predicted molar refractivity (Wildman–Crippen MR) is 65.0 cm³/mol. The summed E-state index contributed by atoms with van der Waals surface area (Å²) in [5.41, 5.74) is 1.29. The number of carbonyl (C=O) groups is 1. The Morgan fingerprint density at radius 1 is 1.47 bits per heavy atom. The van der Waals surface area contributed by atoms with E-state index < -0.39 is 0 Å².